The summed E-state index contributed by atoms with van der Waals surface area (Å²) in [5.41, 5.74) is 5.55. The molecule has 78 valence electrons. The Morgan fingerprint density at radius 2 is 2.15 bits per heavy atom. The van der Waals surface area contributed by atoms with E-state index in [0.717, 1.165) is 6.42 Å². The zero-order valence-corrected chi connectivity index (χ0v) is 8.50. The molecular formula is C10H22N2O. The lowest BCUT2D eigenvalue weighted by molar-refractivity contribution is 0.147. The molecule has 0 bridgehead atoms. The summed E-state index contributed by atoms with van der Waals surface area (Å²) < 4.78 is 0. The van der Waals surface area contributed by atoms with Crippen LogP contribution in [0, 0.1) is 5.92 Å². The van der Waals surface area contributed by atoms with E-state index in [1.807, 2.05) is 0 Å². The zero-order valence-electron chi connectivity index (χ0n) is 8.50. The van der Waals surface area contributed by atoms with Crippen LogP contribution in [0.2, 0.25) is 0 Å². The van der Waals surface area contributed by atoms with E-state index in [2.05, 4.69) is 12.2 Å². The predicted molar refractivity (Wildman–Crippen MR) is 54.5 cm³/mol. The molecule has 0 spiro atoms. The summed E-state index contributed by atoms with van der Waals surface area (Å²) in [5, 5.41) is 12.7. The predicted octanol–water partition coefficient (Wildman–Crippen LogP) is 0.474. The lowest BCUT2D eigenvalue weighted by Crippen LogP contribution is -2.46. The van der Waals surface area contributed by atoms with Gasteiger partial charge in [-0.3, -0.25) is 0 Å². The van der Waals surface area contributed by atoms with E-state index in [4.69, 9.17) is 5.73 Å². The van der Waals surface area contributed by atoms with Crippen LogP contribution >= 0.6 is 0 Å². The van der Waals surface area contributed by atoms with Gasteiger partial charge in [0.1, 0.15) is 0 Å². The first kappa shape index (κ1) is 11.0. The van der Waals surface area contributed by atoms with Crippen molar-refractivity contribution in [1.82, 2.24) is 5.32 Å². The van der Waals surface area contributed by atoms with Gasteiger partial charge < -0.3 is 16.2 Å². The van der Waals surface area contributed by atoms with E-state index in [1.54, 1.807) is 0 Å². The molecule has 3 nitrogen and oxygen atoms in total. The molecule has 3 heteroatoms. The second-order valence-corrected chi connectivity index (χ2v) is 4.14. The van der Waals surface area contributed by atoms with Gasteiger partial charge in [-0.15, -0.1) is 0 Å². The van der Waals surface area contributed by atoms with Crippen LogP contribution in [0.5, 0.6) is 0 Å². The summed E-state index contributed by atoms with van der Waals surface area (Å²) in [5.74, 6) is 0.447. The molecule has 0 aromatic heterocycles. The number of nitrogens with two attached hydrogens (primary N) is 1. The van der Waals surface area contributed by atoms with E-state index in [0.29, 0.717) is 31.2 Å². The average molecular weight is 186 g/mol. The first-order valence-electron chi connectivity index (χ1n) is 5.35. The van der Waals surface area contributed by atoms with Crippen molar-refractivity contribution in [1.29, 1.82) is 0 Å². The fraction of sp³-hybridized carbons (Fsp3) is 1.00. The molecule has 0 heterocycles. The second-order valence-electron chi connectivity index (χ2n) is 4.14. The van der Waals surface area contributed by atoms with Crippen LogP contribution in [0.25, 0.3) is 0 Å². The topological polar surface area (TPSA) is 58.3 Å². The molecule has 1 rings (SSSR count). The van der Waals surface area contributed by atoms with Crippen molar-refractivity contribution < 1.29 is 5.11 Å². The number of rotatable bonds is 4. The van der Waals surface area contributed by atoms with Crippen LogP contribution in [0.1, 0.15) is 32.6 Å². The van der Waals surface area contributed by atoms with Crippen molar-refractivity contribution in [3.8, 4) is 0 Å². The largest absolute Gasteiger partial charge is 0.396 e. The Labute approximate surface area is 80.7 Å². The van der Waals surface area contributed by atoms with Gasteiger partial charge in [0.15, 0.2) is 0 Å². The molecule has 0 aromatic rings. The quantitative estimate of drug-likeness (QED) is 0.598. The van der Waals surface area contributed by atoms with Crippen LogP contribution in [0.15, 0.2) is 0 Å². The molecule has 1 aliphatic rings. The van der Waals surface area contributed by atoms with Crippen LogP contribution in [-0.2, 0) is 0 Å². The lowest BCUT2D eigenvalue weighted by Gasteiger charge is -2.33. The van der Waals surface area contributed by atoms with Crippen molar-refractivity contribution in [2.45, 2.75) is 44.7 Å². The highest BCUT2D eigenvalue weighted by atomic mass is 16.3. The Balaban J connectivity index is 2.35. The Hall–Kier alpha value is -0.120. The van der Waals surface area contributed by atoms with Crippen LogP contribution in [-0.4, -0.2) is 30.3 Å². The molecule has 1 fully saturated rings. The Morgan fingerprint density at radius 3 is 2.77 bits per heavy atom. The number of hydrogen-bond acceptors (Lipinski definition) is 3. The monoisotopic (exact) mass is 186 g/mol. The Bertz CT molecular complexity index is 141. The normalized spacial score (nSPS) is 31.6. The Kier molecular flexibility index (Phi) is 4.70. The molecule has 0 aliphatic heterocycles. The molecular weight excluding hydrogens is 164 g/mol. The summed E-state index contributed by atoms with van der Waals surface area (Å²) >= 11 is 0. The van der Waals surface area contributed by atoms with Crippen molar-refractivity contribution in [2.24, 2.45) is 11.7 Å². The first-order valence-corrected chi connectivity index (χ1v) is 5.35. The van der Waals surface area contributed by atoms with Crippen LogP contribution in [0.3, 0.4) is 0 Å². The number of hydrogen-bond donors (Lipinski definition) is 3. The minimum Gasteiger partial charge on any atom is -0.396 e. The van der Waals surface area contributed by atoms with E-state index < -0.39 is 0 Å². The number of aliphatic hydroxyl groups excluding tert-OH is 1. The van der Waals surface area contributed by atoms with Gasteiger partial charge in [-0.25, -0.2) is 0 Å². The second kappa shape index (κ2) is 5.58. The van der Waals surface area contributed by atoms with Crippen molar-refractivity contribution in [2.75, 3.05) is 13.2 Å². The molecule has 0 radical (unpaired) electrons. The van der Waals surface area contributed by atoms with E-state index in [9.17, 15) is 5.11 Å². The van der Waals surface area contributed by atoms with Gasteiger partial charge >= 0.3 is 0 Å². The third-order valence-corrected chi connectivity index (χ3v) is 3.00. The minimum atomic E-state index is 0.314. The van der Waals surface area contributed by atoms with Gasteiger partial charge in [-0.2, -0.15) is 0 Å². The summed E-state index contributed by atoms with van der Waals surface area (Å²) in [4.78, 5) is 0. The average Bonchev–Trinajstić information content (AvgIpc) is 2.18. The summed E-state index contributed by atoms with van der Waals surface area (Å²) in [6, 6.07) is 0.856. The smallest absolute Gasteiger partial charge is 0.0474 e. The third-order valence-electron chi connectivity index (χ3n) is 3.00. The van der Waals surface area contributed by atoms with E-state index in [1.165, 1.54) is 19.3 Å². The van der Waals surface area contributed by atoms with Crippen LogP contribution in [0.4, 0.5) is 0 Å². The SMILES string of the molecule is CC(CN)NC1CCCCC1CO. The molecule has 3 atom stereocenters. The van der Waals surface area contributed by atoms with Gasteiger partial charge in [0.25, 0.3) is 0 Å². The maximum atomic E-state index is 9.18. The van der Waals surface area contributed by atoms with Crippen LogP contribution < -0.4 is 11.1 Å². The summed E-state index contributed by atoms with van der Waals surface area (Å²) in [7, 11) is 0. The van der Waals surface area contributed by atoms with Gasteiger partial charge in [0, 0.05) is 25.2 Å². The zero-order chi connectivity index (χ0) is 9.68. The molecule has 1 saturated carbocycles. The highest BCUT2D eigenvalue weighted by Crippen LogP contribution is 2.24. The van der Waals surface area contributed by atoms with E-state index >= 15 is 0 Å². The van der Waals surface area contributed by atoms with Gasteiger partial charge in [0.2, 0.25) is 0 Å². The third kappa shape index (κ3) is 3.25. The molecule has 1 aliphatic carbocycles. The highest BCUT2D eigenvalue weighted by molar-refractivity contribution is 4.82. The highest BCUT2D eigenvalue weighted by Gasteiger charge is 2.24. The Morgan fingerprint density at radius 1 is 1.46 bits per heavy atom. The fourth-order valence-corrected chi connectivity index (χ4v) is 2.08. The summed E-state index contributed by atoms with van der Waals surface area (Å²) in [6.45, 7) is 3.09. The molecule has 3 unspecified atom stereocenters. The molecule has 0 aromatic carbocycles. The van der Waals surface area contributed by atoms with E-state index in [-0.39, 0.29) is 0 Å². The molecule has 4 N–H and O–H groups in total. The van der Waals surface area contributed by atoms with Gasteiger partial charge in [-0.05, 0) is 25.7 Å². The van der Waals surface area contributed by atoms with Gasteiger partial charge in [0.05, 0.1) is 0 Å². The summed E-state index contributed by atoms with van der Waals surface area (Å²) in [6.07, 6.45) is 4.90. The first-order chi connectivity index (χ1) is 6.27. The van der Waals surface area contributed by atoms with Gasteiger partial charge in [-0.1, -0.05) is 12.8 Å². The van der Waals surface area contributed by atoms with Crippen molar-refractivity contribution >= 4 is 0 Å². The lowest BCUT2D eigenvalue weighted by atomic mass is 9.84. The maximum absolute atomic E-state index is 9.18. The number of nitrogens with one attached hydrogen (secondary N) is 1. The van der Waals surface area contributed by atoms with Crippen molar-refractivity contribution in [3.05, 3.63) is 0 Å². The minimum absolute atomic E-state index is 0.314. The molecule has 0 saturated heterocycles. The standard InChI is InChI=1S/C10H22N2O/c1-8(6-11)12-10-5-3-2-4-9(10)7-13/h8-10,12-13H,2-7,11H2,1H3. The van der Waals surface area contributed by atoms with Crippen molar-refractivity contribution in [3.63, 3.8) is 0 Å². The molecule has 0 amide bonds. The fourth-order valence-electron chi connectivity index (χ4n) is 2.08. The molecule has 13 heavy (non-hydrogen) atoms. The number of aliphatic hydroxyl groups is 1. The maximum Gasteiger partial charge on any atom is 0.0474 e.